The van der Waals surface area contributed by atoms with Crippen LogP contribution in [0.15, 0.2) is 48.7 Å². The van der Waals surface area contributed by atoms with Gasteiger partial charge in [-0.15, -0.1) is 0 Å². The molecule has 0 bridgehead atoms. The van der Waals surface area contributed by atoms with Crippen LogP contribution in [0.25, 0.3) is 6.08 Å². The monoisotopic (exact) mass is 273 g/mol. The van der Waals surface area contributed by atoms with Gasteiger partial charge in [0, 0.05) is 12.1 Å². The predicted octanol–water partition coefficient (Wildman–Crippen LogP) is 4.47. The summed E-state index contributed by atoms with van der Waals surface area (Å²) in [5, 5.41) is 0. The van der Waals surface area contributed by atoms with Gasteiger partial charge >= 0.3 is 6.09 Å². The van der Waals surface area contributed by atoms with Crippen molar-refractivity contribution in [2.45, 2.75) is 39.8 Å². The van der Waals surface area contributed by atoms with E-state index in [1.807, 2.05) is 58.0 Å². The molecule has 0 fully saturated rings. The van der Waals surface area contributed by atoms with Gasteiger partial charge in [0.05, 0.1) is 0 Å². The molecule has 0 spiro atoms. The molecule has 0 aliphatic rings. The molecule has 0 N–H and O–H groups in total. The molecule has 0 saturated heterocycles. The first kappa shape index (κ1) is 16.0. The van der Waals surface area contributed by atoms with E-state index in [4.69, 9.17) is 4.74 Å². The average molecular weight is 273 g/mol. The summed E-state index contributed by atoms with van der Waals surface area (Å²) in [6.45, 7) is 11.6. The Morgan fingerprint density at radius 3 is 2.15 bits per heavy atom. The molecule has 0 aromatic heterocycles. The molecule has 0 aliphatic heterocycles. The van der Waals surface area contributed by atoms with Gasteiger partial charge in [0.25, 0.3) is 0 Å². The van der Waals surface area contributed by atoms with Crippen LogP contribution in [-0.4, -0.2) is 23.1 Å². The van der Waals surface area contributed by atoms with E-state index in [-0.39, 0.29) is 18.2 Å². The van der Waals surface area contributed by atoms with Crippen LogP contribution in [0.3, 0.4) is 0 Å². The fraction of sp³-hybridized carbons (Fsp3) is 0.353. The van der Waals surface area contributed by atoms with Gasteiger partial charge in [0.1, 0.15) is 5.76 Å². The SMILES string of the molecule is C=C/C(=C/c1ccccc1)OC(=O)N(C(C)C)C(C)C. The lowest BCUT2D eigenvalue weighted by Gasteiger charge is -2.29. The van der Waals surface area contributed by atoms with Gasteiger partial charge in [0.2, 0.25) is 0 Å². The molecule has 1 amide bonds. The zero-order chi connectivity index (χ0) is 15.1. The van der Waals surface area contributed by atoms with Crippen LogP contribution >= 0.6 is 0 Å². The lowest BCUT2D eigenvalue weighted by Crippen LogP contribution is -2.42. The highest BCUT2D eigenvalue weighted by Gasteiger charge is 2.22. The van der Waals surface area contributed by atoms with Crippen LogP contribution in [0.5, 0.6) is 0 Å². The number of hydrogen-bond acceptors (Lipinski definition) is 2. The van der Waals surface area contributed by atoms with Crippen LogP contribution < -0.4 is 0 Å². The van der Waals surface area contributed by atoms with Gasteiger partial charge in [-0.05, 0) is 45.4 Å². The summed E-state index contributed by atoms with van der Waals surface area (Å²) >= 11 is 0. The molecule has 0 aliphatic carbocycles. The number of carbonyl (C=O) groups excluding carboxylic acids is 1. The largest absolute Gasteiger partial charge is 0.415 e. The molecule has 0 saturated carbocycles. The van der Waals surface area contributed by atoms with E-state index in [9.17, 15) is 4.79 Å². The molecular formula is C17H23NO2. The van der Waals surface area contributed by atoms with Gasteiger partial charge < -0.3 is 9.64 Å². The van der Waals surface area contributed by atoms with Crippen LogP contribution in [-0.2, 0) is 4.74 Å². The first-order valence-corrected chi connectivity index (χ1v) is 6.85. The Morgan fingerprint density at radius 1 is 1.15 bits per heavy atom. The minimum Gasteiger partial charge on any atom is -0.410 e. The van der Waals surface area contributed by atoms with E-state index >= 15 is 0 Å². The smallest absolute Gasteiger partial charge is 0.410 e. The lowest BCUT2D eigenvalue weighted by atomic mass is 10.2. The van der Waals surface area contributed by atoms with Crippen molar-refractivity contribution in [3.63, 3.8) is 0 Å². The highest BCUT2D eigenvalue weighted by Crippen LogP contribution is 2.13. The second kappa shape index (κ2) is 7.53. The zero-order valence-corrected chi connectivity index (χ0v) is 12.7. The second-order valence-electron chi connectivity index (χ2n) is 5.12. The van der Waals surface area contributed by atoms with Crippen LogP contribution in [0.4, 0.5) is 4.79 Å². The first-order valence-electron chi connectivity index (χ1n) is 6.85. The maximum Gasteiger partial charge on any atom is 0.415 e. The van der Waals surface area contributed by atoms with E-state index in [0.717, 1.165) is 5.56 Å². The highest BCUT2D eigenvalue weighted by atomic mass is 16.6. The van der Waals surface area contributed by atoms with Crippen LogP contribution in [0, 0.1) is 0 Å². The maximum absolute atomic E-state index is 12.2. The molecule has 0 radical (unpaired) electrons. The summed E-state index contributed by atoms with van der Waals surface area (Å²) in [5.41, 5.74) is 0.968. The van der Waals surface area contributed by atoms with E-state index in [1.54, 1.807) is 17.1 Å². The Kier molecular flexibility index (Phi) is 6.04. The maximum atomic E-state index is 12.2. The average Bonchev–Trinajstić information content (AvgIpc) is 2.38. The number of carbonyl (C=O) groups is 1. The highest BCUT2D eigenvalue weighted by molar-refractivity contribution is 5.71. The predicted molar refractivity (Wildman–Crippen MR) is 83.2 cm³/mol. The molecule has 3 heteroatoms. The number of rotatable bonds is 5. The topological polar surface area (TPSA) is 29.5 Å². The number of allylic oxidation sites excluding steroid dienone is 1. The van der Waals surface area contributed by atoms with Crippen molar-refractivity contribution in [2.24, 2.45) is 0 Å². The van der Waals surface area contributed by atoms with Crippen molar-refractivity contribution in [3.8, 4) is 0 Å². The van der Waals surface area contributed by atoms with Gasteiger partial charge in [-0.1, -0.05) is 36.9 Å². The quantitative estimate of drug-likeness (QED) is 0.585. The molecule has 0 unspecified atom stereocenters. The molecule has 3 nitrogen and oxygen atoms in total. The van der Waals surface area contributed by atoms with Crippen molar-refractivity contribution in [1.29, 1.82) is 0 Å². The number of ether oxygens (including phenoxy) is 1. The van der Waals surface area contributed by atoms with Gasteiger partial charge in [-0.2, -0.15) is 0 Å². The number of benzene rings is 1. The molecule has 0 atom stereocenters. The molecule has 0 heterocycles. The van der Waals surface area contributed by atoms with Crippen LogP contribution in [0.1, 0.15) is 33.3 Å². The fourth-order valence-electron chi connectivity index (χ4n) is 2.02. The third-order valence-electron chi connectivity index (χ3n) is 2.84. The number of nitrogens with zero attached hydrogens (tertiary/aromatic N) is 1. The van der Waals surface area contributed by atoms with Gasteiger partial charge in [0.15, 0.2) is 0 Å². The summed E-state index contributed by atoms with van der Waals surface area (Å²) < 4.78 is 5.42. The normalized spacial score (nSPS) is 11.6. The molecule has 1 rings (SSSR count). The molecular weight excluding hydrogens is 250 g/mol. The van der Waals surface area contributed by atoms with Gasteiger partial charge in [-0.3, -0.25) is 0 Å². The summed E-state index contributed by atoms with van der Waals surface area (Å²) in [4.78, 5) is 13.9. The Balaban J connectivity index is 2.86. The van der Waals surface area contributed by atoms with Gasteiger partial charge in [-0.25, -0.2) is 4.79 Å². The van der Waals surface area contributed by atoms with Crippen molar-refractivity contribution < 1.29 is 9.53 Å². The Labute approximate surface area is 121 Å². The second-order valence-corrected chi connectivity index (χ2v) is 5.12. The summed E-state index contributed by atoms with van der Waals surface area (Å²) in [5.74, 6) is 0.451. The molecule has 108 valence electrons. The van der Waals surface area contributed by atoms with E-state index in [0.29, 0.717) is 5.76 Å². The minimum atomic E-state index is -0.350. The fourth-order valence-corrected chi connectivity index (χ4v) is 2.02. The number of amides is 1. The zero-order valence-electron chi connectivity index (χ0n) is 12.7. The molecule has 20 heavy (non-hydrogen) atoms. The van der Waals surface area contributed by atoms with E-state index < -0.39 is 0 Å². The third kappa shape index (κ3) is 4.57. The Morgan fingerprint density at radius 2 is 1.70 bits per heavy atom. The van der Waals surface area contributed by atoms with Crippen LogP contribution in [0.2, 0.25) is 0 Å². The Bertz CT molecular complexity index is 467. The summed E-state index contributed by atoms with van der Waals surface area (Å²) in [7, 11) is 0. The minimum absolute atomic E-state index is 0.0882. The summed E-state index contributed by atoms with van der Waals surface area (Å²) in [6, 6.07) is 9.87. The summed E-state index contributed by atoms with van der Waals surface area (Å²) in [6.07, 6.45) is 2.99. The van der Waals surface area contributed by atoms with Crippen molar-refractivity contribution >= 4 is 12.2 Å². The number of hydrogen-bond donors (Lipinski definition) is 0. The Hall–Kier alpha value is -2.03. The van der Waals surface area contributed by atoms with E-state index in [2.05, 4.69) is 6.58 Å². The molecule has 1 aromatic rings. The van der Waals surface area contributed by atoms with E-state index in [1.165, 1.54) is 0 Å². The standard InChI is InChI=1S/C17H23NO2/c1-6-16(12-15-10-8-7-9-11-15)20-17(19)18(13(2)3)14(4)5/h6-14H,1H2,2-5H3/b16-12-. The van der Waals surface area contributed by atoms with Crippen molar-refractivity contribution in [1.82, 2.24) is 4.90 Å². The van der Waals surface area contributed by atoms with Crippen molar-refractivity contribution in [2.75, 3.05) is 0 Å². The lowest BCUT2D eigenvalue weighted by molar-refractivity contribution is 0.104. The molecule has 1 aromatic carbocycles. The van der Waals surface area contributed by atoms with Crippen molar-refractivity contribution in [3.05, 3.63) is 54.3 Å². The first-order chi connectivity index (χ1) is 9.45. The third-order valence-corrected chi connectivity index (χ3v) is 2.84.